The lowest BCUT2D eigenvalue weighted by Crippen LogP contribution is -2.43. The number of hydrogen-bond donors (Lipinski definition) is 3. The van der Waals surface area contributed by atoms with Crippen LogP contribution in [0.5, 0.6) is 5.75 Å². The van der Waals surface area contributed by atoms with Gasteiger partial charge in [-0.2, -0.15) is 0 Å². The zero-order chi connectivity index (χ0) is 15.8. The number of hydrogen-bond acceptors (Lipinski definition) is 4. The van der Waals surface area contributed by atoms with Crippen molar-refractivity contribution in [1.29, 1.82) is 0 Å². The quantitative estimate of drug-likeness (QED) is 0.787. The molecule has 1 fully saturated rings. The molecule has 0 aliphatic carbocycles. The van der Waals surface area contributed by atoms with Crippen molar-refractivity contribution in [3.8, 4) is 5.75 Å². The maximum atomic E-state index is 11.9. The van der Waals surface area contributed by atoms with Gasteiger partial charge in [0.15, 0.2) is 0 Å². The number of benzene rings is 1. The van der Waals surface area contributed by atoms with Gasteiger partial charge in [0, 0.05) is 12.1 Å². The molecular weight excluding hydrogens is 282 g/mol. The maximum Gasteiger partial charge on any atom is 0.325 e. The van der Waals surface area contributed by atoms with Gasteiger partial charge in [0.2, 0.25) is 5.91 Å². The molecule has 6 heteroatoms. The largest absolute Gasteiger partial charge is 0.497 e. The lowest BCUT2D eigenvalue weighted by molar-refractivity contribution is -0.124. The Kier molecular flexibility index (Phi) is 5.97. The Balaban J connectivity index is 1.79. The van der Waals surface area contributed by atoms with Crippen LogP contribution in [-0.2, 0) is 4.79 Å². The molecule has 1 aromatic carbocycles. The second-order valence-electron chi connectivity index (χ2n) is 5.10. The van der Waals surface area contributed by atoms with Crippen LogP contribution in [0, 0.1) is 5.92 Å². The lowest BCUT2D eigenvalue weighted by Gasteiger charge is -2.21. The molecule has 0 aromatic heterocycles. The summed E-state index contributed by atoms with van der Waals surface area (Å²) >= 11 is 0. The van der Waals surface area contributed by atoms with E-state index < -0.39 is 6.03 Å². The van der Waals surface area contributed by atoms with Crippen LogP contribution in [0.15, 0.2) is 30.5 Å². The van der Waals surface area contributed by atoms with Crippen LogP contribution >= 0.6 is 0 Å². The zero-order valence-corrected chi connectivity index (χ0v) is 12.6. The number of nitrogens with one attached hydrogen (secondary N) is 3. The number of imide groups is 1. The predicted molar refractivity (Wildman–Crippen MR) is 84.3 cm³/mol. The summed E-state index contributed by atoms with van der Waals surface area (Å²) in [5, 5.41) is 8.08. The molecule has 3 N–H and O–H groups in total. The molecule has 1 heterocycles. The molecule has 1 aliphatic rings. The fraction of sp³-hybridized carbons (Fsp3) is 0.375. The van der Waals surface area contributed by atoms with Crippen molar-refractivity contribution >= 4 is 18.0 Å². The summed E-state index contributed by atoms with van der Waals surface area (Å²) in [7, 11) is 1.60. The first-order valence-electron chi connectivity index (χ1n) is 7.31. The van der Waals surface area contributed by atoms with Crippen molar-refractivity contribution in [3.63, 3.8) is 0 Å². The predicted octanol–water partition coefficient (Wildman–Crippen LogP) is 1.49. The summed E-state index contributed by atoms with van der Waals surface area (Å²) in [5.74, 6) is 0.441. The lowest BCUT2D eigenvalue weighted by atomic mass is 9.97. The smallest absolute Gasteiger partial charge is 0.325 e. The number of carbonyl (C=O) groups excluding carboxylic acids is 2. The van der Waals surface area contributed by atoms with E-state index in [1.165, 1.54) is 6.20 Å². The normalized spacial score (nSPS) is 15.5. The van der Waals surface area contributed by atoms with Gasteiger partial charge >= 0.3 is 6.03 Å². The van der Waals surface area contributed by atoms with Crippen molar-refractivity contribution in [2.75, 3.05) is 20.2 Å². The SMILES string of the molecule is COc1cccc(/C=C/NC(=O)NC(=O)C2CCNCC2)c1. The Morgan fingerprint density at radius 1 is 1.32 bits per heavy atom. The van der Waals surface area contributed by atoms with E-state index in [1.54, 1.807) is 13.2 Å². The van der Waals surface area contributed by atoms with E-state index >= 15 is 0 Å². The van der Waals surface area contributed by atoms with Gasteiger partial charge in [-0.15, -0.1) is 0 Å². The minimum atomic E-state index is -0.511. The standard InChI is InChI=1S/C16H21N3O3/c1-22-14-4-2-3-12(11-14)5-10-18-16(21)19-15(20)13-6-8-17-9-7-13/h2-5,10-11,13,17H,6-9H2,1H3,(H2,18,19,20,21)/b10-5+. The molecule has 2 rings (SSSR count). The van der Waals surface area contributed by atoms with E-state index in [1.807, 2.05) is 24.3 Å². The fourth-order valence-electron chi connectivity index (χ4n) is 2.29. The molecule has 0 unspecified atom stereocenters. The number of piperidine rings is 1. The summed E-state index contributed by atoms with van der Waals surface area (Å²) in [6, 6.07) is 6.92. The summed E-state index contributed by atoms with van der Waals surface area (Å²) in [5.41, 5.74) is 0.893. The molecular formula is C16H21N3O3. The topological polar surface area (TPSA) is 79.5 Å². The van der Waals surface area contributed by atoms with Crippen molar-refractivity contribution in [1.82, 2.24) is 16.0 Å². The first-order chi connectivity index (χ1) is 10.7. The molecule has 22 heavy (non-hydrogen) atoms. The Bertz CT molecular complexity index is 551. The summed E-state index contributed by atoms with van der Waals surface area (Å²) < 4.78 is 5.12. The van der Waals surface area contributed by atoms with Crippen molar-refractivity contribution < 1.29 is 14.3 Å². The summed E-state index contributed by atoms with van der Waals surface area (Å²) in [6.07, 6.45) is 4.76. The molecule has 0 spiro atoms. The number of carbonyl (C=O) groups is 2. The summed E-state index contributed by atoms with van der Waals surface area (Å²) in [4.78, 5) is 23.6. The number of amides is 3. The van der Waals surface area contributed by atoms with Gasteiger partial charge in [0.1, 0.15) is 5.75 Å². The Morgan fingerprint density at radius 3 is 2.82 bits per heavy atom. The van der Waals surface area contributed by atoms with Crippen molar-refractivity contribution in [2.24, 2.45) is 5.92 Å². The van der Waals surface area contributed by atoms with Gasteiger partial charge < -0.3 is 15.4 Å². The van der Waals surface area contributed by atoms with Gasteiger partial charge in [0.05, 0.1) is 7.11 Å². The van der Waals surface area contributed by atoms with E-state index in [9.17, 15) is 9.59 Å². The average Bonchev–Trinajstić information content (AvgIpc) is 2.56. The van der Waals surface area contributed by atoms with Crippen molar-refractivity contribution in [3.05, 3.63) is 36.0 Å². The van der Waals surface area contributed by atoms with Crippen LogP contribution in [0.25, 0.3) is 6.08 Å². The first kappa shape index (κ1) is 16.0. The fourth-order valence-corrected chi connectivity index (χ4v) is 2.29. The third kappa shape index (κ3) is 4.89. The first-order valence-corrected chi connectivity index (χ1v) is 7.31. The highest BCUT2D eigenvalue weighted by molar-refractivity contribution is 5.96. The molecule has 0 radical (unpaired) electrons. The summed E-state index contributed by atoms with van der Waals surface area (Å²) in [6.45, 7) is 1.63. The van der Waals surface area contributed by atoms with Crippen LogP contribution in [0.1, 0.15) is 18.4 Å². The number of rotatable bonds is 4. The Hall–Kier alpha value is -2.34. The Morgan fingerprint density at radius 2 is 2.09 bits per heavy atom. The molecule has 118 valence electrons. The number of urea groups is 1. The van der Waals surface area contributed by atoms with Crippen LogP contribution in [-0.4, -0.2) is 32.1 Å². The van der Waals surface area contributed by atoms with Crippen molar-refractivity contribution in [2.45, 2.75) is 12.8 Å². The van der Waals surface area contributed by atoms with Crippen LogP contribution in [0.2, 0.25) is 0 Å². The minimum Gasteiger partial charge on any atom is -0.497 e. The molecule has 0 atom stereocenters. The van der Waals surface area contributed by atoms with Gasteiger partial charge in [-0.25, -0.2) is 4.79 Å². The third-order valence-corrected chi connectivity index (χ3v) is 3.53. The van der Waals surface area contributed by atoms with E-state index in [0.29, 0.717) is 0 Å². The van der Waals surface area contributed by atoms with Gasteiger partial charge in [-0.1, -0.05) is 12.1 Å². The molecule has 3 amide bonds. The zero-order valence-electron chi connectivity index (χ0n) is 12.6. The van der Waals surface area contributed by atoms with Gasteiger partial charge in [-0.3, -0.25) is 10.1 Å². The molecule has 6 nitrogen and oxygen atoms in total. The van der Waals surface area contributed by atoms with Crippen LogP contribution in [0.3, 0.4) is 0 Å². The van der Waals surface area contributed by atoms with E-state index in [-0.39, 0.29) is 11.8 Å². The molecule has 1 aliphatic heterocycles. The van der Waals surface area contributed by atoms with Gasteiger partial charge in [-0.05, 0) is 49.7 Å². The van der Waals surface area contributed by atoms with E-state index in [2.05, 4.69) is 16.0 Å². The number of methoxy groups -OCH3 is 1. The minimum absolute atomic E-state index is 0.0886. The Labute approximate surface area is 129 Å². The van der Waals surface area contributed by atoms with Crippen LogP contribution in [0.4, 0.5) is 4.79 Å². The van der Waals surface area contributed by atoms with Gasteiger partial charge in [0.25, 0.3) is 0 Å². The number of ether oxygens (including phenoxy) is 1. The molecule has 1 saturated heterocycles. The highest BCUT2D eigenvalue weighted by Gasteiger charge is 2.21. The van der Waals surface area contributed by atoms with E-state index in [4.69, 9.17) is 4.74 Å². The van der Waals surface area contributed by atoms with E-state index in [0.717, 1.165) is 37.2 Å². The molecule has 0 saturated carbocycles. The second kappa shape index (κ2) is 8.19. The van der Waals surface area contributed by atoms with Crippen LogP contribution < -0.4 is 20.7 Å². The highest BCUT2D eigenvalue weighted by Crippen LogP contribution is 2.13. The molecule has 0 bridgehead atoms. The average molecular weight is 303 g/mol. The second-order valence-corrected chi connectivity index (χ2v) is 5.10. The third-order valence-electron chi connectivity index (χ3n) is 3.53. The molecule has 1 aromatic rings. The monoisotopic (exact) mass is 303 g/mol. The maximum absolute atomic E-state index is 11.9. The highest BCUT2D eigenvalue weighted by atomic mass is 16.5.